The lowest BCUT2D eigenvalue weighted by Crippen LogP contribution is -2.41. The second-order valence-corrected chi connectivity index (χ2v) is 5.43. The minimum absolute atomic E-state index is 0.178. The Bertz CT molecular complexity index is 469. The quantitative estimate of drug-likeness (QED) is 0.724. The fourth-order valence-electron chi connectivity index (χ4n) is 1.89. The van der Waals surface area contributed by atoms with E-state index in [0.717, 1.165) is 0 Å². The Hall–Kier alpha value is -1.61. The minimum Gasteiger partial charge on any atom is -0.491 e. The second-order valence-electron chi connectivity index (χ2n) is 5.43. The largest absolute Gasteiger partial charge is 0.491 e. The molecule has 1 unspecified atom stereocenters. The summed E-state index contributed by atoms with van der Waals surface area (Å²) in [5.74, 6) is 0.586. The molecule has 0 aliphatic heterocycles. The van der Waals surface area contributed by atoms with Crippen molar-refractivity contribution in [3.63, 3.8) is 0 Å². The summed E-state index contributed by atoms with van der Waals surface area (Å²) in [5.41, 5.74) is 0.287. The number of aliphatic hydroxyl groups excluding tert-OH is 1. The molecule has 1 aromatic carbocycles. The van der Waals surface area contributed by atoms with Crippen LogP contribution in [0.15, 0.2) is 24.3 Å². The second kappa shape index (κ2) is 8.63. The Kier molecular flexibility index (Phi) is 7.17. The molecule has 5 nitrogen and oxygen atoms in total. The topological polar surface area (TPSA) is 74.5 Å². The van der Waals surface area contributed by atoms with Crippen LogP contribution in [0.4, 0.5) is 0 Å². The van der Waals surface area contributed by atoms with E-state index in [0.29, 0.717) is 31.0 Å². The van der Waals surface area contributed by atoms with E-state index >= 15 is 0 Å². The van der Waals surface area contributed by atoms with Gasteiger partial charge in [-0.2, -0.15) is 5.26 Å². The van der Waals surface area contributed by atoms with Gasteiger partial charge in [-0.3, -0.25) is 0 Å². The molecule has 2 N–H and O–H groups in total. The molecule has 0 bridgehead atoms. The standard InChI is InChI=1S/C16H24N2O3/c1-4-21-16(2,3)12-18-10-14(19)11-20-15-7-5-6-13(8-15)9-17/h5-8,14,18-19H,4,10-12H2,1-3H3. The van der Waals surface area contributed by atoms with Crippen molar-refractivity contribution >= 4 is 0 Å². The van der Waals surface area contributed by atoms with Gasteiger partial charge in [-0.1, -0.05) is 6.07 Å². The lowest BCUT2D eigenvalue weighted by molar-refractivity contribution is -0.0112. The molecular weight excluding hydrogens is 268 g/mol. The number of nitriles is 1. The molecule has 0 aliphatic carbocycles. The number of hydrogen-bond donors (Lipinski definition) is 2. The molecule has 5 heteroatoms. The van der Waals surface area contributed by atoms with Gasteiger partial charge in [0.1, 0.15) is 18.5 Å². The SMILES string of the molecule is CCOC(C)(C)CNCC(O)COc1cccc(C#N)c1. The Morgan fingerprint density at radius 3 is 2.86 bits per heavy atom. The first-order chi connectivity index (χ1) is 9.96. The van der Waals surface area contributed by atoms with Crippen molar-refractivity contribution in [3.05, 3.63) is 29.8 Å². The summed E-state index contributed by atoms with van der Waals surface area (Å²) in [5, 5.41) is 21.8. The van der Waals surface area contributed by atoms with E-state index in [4.69, 9.17) is 14.7 Å². The minimum atomic E-state index is -0.617. The molecule has 1 aromatic rings. The summed E-state index contributed by atoms with van der Waals surface area (Å²) in [7, 11) is 0. The molecule has 0 fully saturated rings. The molecule has 0 heterocycles. The van der Waals surface area contributed by atoms with Crippen LogP contribution in [0.3, 0.4) is 0 Å². The molecule has 0 aliphatic rings. The first-order valence-electron chi connectivity index (χ1n) is 7.12. The number of hydrogen-bond acceptors (Lipinski definition) is 5. The van der Waals surface area contributed by atoms with Gasteiger partial charge in [0.05, 0.1) is 17.2 Å². The molecule has 1 atom stereocenters. The van der Waals surface area contributed by atoms with Gasteiger partial charge in [-0.25, -0.2) is 0 Å². The first kappa shape index (κ1) is 17.4. The van der Waals surface area contributed by atoms with Gasteiger partial charge in [0.2, 0.25) is 0 Å². The fourth-order valence-corrected chi connectivity index (χ4v) is 1.89. The van der Waals surface area contributed by atoms with E-state index in [2.05, 4.69) is 5.32 Å². The molecule has 0 saturated heterocycles. The molecule has 0 saturated carbocycles. The average Bonchev–Trinajstić information content (AvgIpc) is 2.45. The number of rotatable bonds is 9. The van der Waals surface area contributed by atoms with Gasteiger partial charge < -0.3 is 19.9 Å². The maximum absolute atomic E-state index is 9.87. The van der Waals surface area contributed by atoms with Gasteiger partial charge in [0, 0.05) is 19.7 Å². The molecule has 0 spiro atoms. The number of nitrogens with one attached hydrogen (secondary N) is 1. The average molecular weight is 292 g/mol. The van der Waals surface area contributed by atoms with E-state index in [9.17, 15) is 5.11 Å². The molecule has 0 amide bonds. The van der Waals surface area contributed by atoms with Crippen LogP contribution >= 0.6 is 0 Å². The Morgan fingerprint density at radius 1 is 1.43 bits per heavy atom. The van der Waals surface area contributed by atoms with Crippen molar-refractivity contribution in [2.45, 2.75) is 32.5 Å². The predicted octanol–water partition coefficient (Wildman–Crippen LogP) is 1.70. The third kappa shape index (κ3) is 7.09. The molecular formula is C16H24N2O3. The van der Waals surface area contributed by atoms with Gasteiger partial charge in [-0.05, 0) is 39.0 Å². The van der Waals surface area contributed by atoms with Crippen LogP contribution in [0.5, 0.6) is 5.75 Å². The summed E-state index contributed by atoms with van der Waals surface area (Å²) in [6.45, 7) is 7.88. The van der Waals surface area contributed by atoms with Gasteiger partial charge in [0.25, 0.3) is 0 Å². The molecule has 116 valence electrons. The van der Waals surface area contributed by atoms with E-state index < -0.39 is 6.10 Å². The lowest BCUT2D eigenvalue weighted by Gasteiger charge is -2.25. The predicted molar refractivity (Wildman–Crippen MR) is 81.2 cm³/mol. The molecule has 21 heavy (non-hydrogen) atoms. The highest BCUT2D eigenvalue weighted by Gasteiger charge is 2.17. The summed E-state index contributed by atoms with van der Waals surface area (Å²) in [6, 6.07) is 8.93. The van der Waals surface area contributed by atoms with Crippen LogP contribution in [-0.2, 0) is 4.74 Å². The number of nitrogens with zero attached hydrogens (tertiary/aromatic N) is 1. The third-order valence-corrected chi connectivity index (χ3v) is 2.87. The highest BCUT2D eigenvalue weighted by Crippen LogP contribution is 2.12. The van der Waals surface area contributed by atoms with Crippen LogP contribution in [0, 0.1) is 11.3 Å². The molecule has 1 rings (SSSR count). The summed E-state index contributed by atoms with van der Waals surface area (Å²) < 4.78 is 11.0. The van der Waals surface area contributed by atoms with Crippen LogP contribution in [0.1, 0.15) is 26.3 Å². The van der Waals surface area contributed by atoms with Crippen molar-refractivity contribution < 1.29 is 14.6 Å². The number of benzene rings is 1. The zero-order valence-electron chi connectivity index (χ0n) is 12.9. The van der Waals surface area contributed by atoms with Crippen LogP contribution in [-0.4, -0.2) is 43.1 Å². The summed E-state index contributed by atoms with van der Waals surface area (Å²) >= 11 is 0. The summed E-state index contributed by atoms with van der Waals surface area (Å²) in [4.78, 5) is 0. The zero-order chi connectivity index (χ0) is 15.7. The number of ether oxygens (including phenoxy) is 2. The summed E-state index contributed by atoms with van der Waals surface area (Å²) in [6.07, 6.45) is -0.617. The van der Waals surface area contributed by atoms with Crippen LogP contribution in [0.2, 0.25) is 0 Å². The van der Waals surface area contributed by atoms with Crippen LogP contribution < -0.4 is 10.1 Å². The van der Waals surface area contributed by atoms with Gasteiger partial charge >= 0.3 is 0 Å². The van der Waals surface area contributed by atoms with Gasteiger partial charge in [0.15, 0.2) is 0 Å². The first-order valence-corrected chi connectivity index (χ1v) is 7.12. The highest BCUT2D eigenvalue weighted by atomic mass is 16.5. The van der Waals surface area contributed by atoms with E-state index in [1.165, 1.54) is 0 Å². The normalized spacial score (nSPS) is 12.7. The lowest BCUT2D eigenvalue weighted by atomic mass is 10.1. The van der Waals surface area contributed by atoms with Crippen molar-refractivity contribution in [2.24, 2.45) is 0 Å². The van der Waals surface area contributed by atoms with Gasteiger partial charge in [-0.15, -0.1) is 0 Å². The Labute approximate surface area is 126 Å². The van der Waals surface area contributed by atoms with E-state index in [-0.39, 0.29) is 12.2 Å². The zero-order valence-corrected chi connectivity index (χ0v) is 12.9. The van der Waals surface area contributed by atoms with Crippen molar-refractivity contribution in [3.8, 4) is 11.8 Å². The van der Waals surface area contributed by atoms with Crippen LogP contribution in [0.25, 0.3) is 0 Å². The van der Waals surface area contributed by atoms with Crippen molar-refractivity contribution in [2.75, 3.05) is 26.3 Å². The fraction of sp³-hybridized carbons (Fsp3) is 0.562. The van der Waals surface area contributed by atoms with Crippen molar-refractivity contribution in [1.82, 2.24) is 5.32 Å². The number of aliphatic hydroxyl groups is 1. The molecule has 0 aromatic heterocycles. The van der Waals surface area contributed by atoms with Crippen molar-refractivity contribution in [1.29, 1.82) is 5.26 Å². The highest BCUT2D eigenvalue weighted by molar-refractivity contribution is 5.36. The molecule has 0 radical (unpaired) electrons. The maximum atomic E-state index is 9.87. The monoisotopic (exact) mass is 292 g/mol. The Balaban J connectivity index is 2.28. The maximum Gasteiger partial charge on any atom is 0.120 e. The third-order valence-electron chi connectivity index (χ3n) is 2.87. The smallest absolute Gasteiger partial charge is 0.120 e. The van der Waals surface area contributed by atoms with E-state index in [1.807, 2.05) is 26.8 Å². The Morgan fingerprint density at radius 2 is 2.19 bits per heavy atom. The van der Waals surface area contributed by atoms with E-state index in [1.54, 1.807) is 24.3 Å².